The van der Waals surface area contributed by atoms with Gasteiger partial charge in [-0.1, -0.05) is 18.2 Å². The van der Waals surface area contributed by atoms with Gasteiger partial charge in [0.05, 0.1) is 18.1 Å². The molecule has 0 aliphatic rings. The highest BCUT2D eigenvalue weighted by Gasteiger charge is 2.02. The Morgan fingerprint density at radius 1 is 1.06 bits per heavy atom. The van der Waals surface area contributed by atoms with Crippen molar-refractivity contribution >= 4 is 17.4 Å². The van der Waals surface area contributed by atoms with Crippen molar-refractivity contribution in [1.82, 2.24) is 4.98 Å². The summed E-state index contributed by atoms with van der Waals surface area (Å²) in [4.78, 5) is 15.1. The minimum absolute atomic E-state index is 0.304. The fraction of sp³-hybridized carbons (Fsp3) is 0. The lowest BCUT2D eigenvalue weighted by Gasteiger charge is -2.06. The van der Waals surface area contributed by atoms with Crippen LogP contribution in [0.15, 0.2) is 48.8 Å². The van der Waals surface area contributed by atoms with Crippen molar-refractivity contribution in [2.75, 3.05) is 10.6 Å². The molecule has 1 aromatic heterocycles. The molecule has 5 heteroatoms. The number of hydrogen-bond donors (Lipinski definition) is 2. The maximum Gasteiger partial charge on any atom is 0.323 e. The number of carbonyl (C=O) groups is 1. The summed E-state index contributed by atoms with van der Waals surface area (Å²) in [6, 6.07) is 9.71. The van der Waals surface area contributed by atoms with Crippen molar-refractivity contribution in [1.29, 1.82) is 0 Å². The van der Waals surface area contributed by atoms with Gasteiger partial charge in [0.1, 0.15) is 5.82 Å². The Balaban J connectivity index is 1.98. The monoisotopic (exact) mass is 231 g/mol. The highest BCUT2D eigenvalue weighted by Crippen LogP contribution is 2.09. The number of nitrogens with one attached hydrogen (secondary N) is 2. The van der Waals surface area contributed by atoms with Crippen LogP contribution in [0.2, 0.25) is 0 Å². The van der Waals surface area contributed by atoms with Crippen LogP contribution < -0.4 is 10.6 Å². The van der Waals surface area contributed by atoms with E-state index in [1.54, 1.807) is 24.3 Å². The minimum atomic E-state index is -0.498. The highest BCUT2D eigenvalue weighted by molar-refractivity contribution is 5.99. The average Bonchev–Trinajstić information content (AvgIpc) is 2.30. The lowest BCUT2D eigenvalue weighted by Crippen LogP contribution is -2.19. The number of aromatic nitrogens is 1. The first-order valence-corrected chi connectivity index (χ1v) is 4.97. The smallest absolute Gasteiger partial charge is 0.308 e. The zero-order chi connectivity index (χ0) is 12.1. The number of halogens is 1. The second-order valence-electron chi connectivity index (χ2n) is 3.34. The van der Waals surface area contributed by atoms with Gasteiger partial charge in [-0.15, -0.1) is 0 Å². The Hall–Kier alpha value is -2.43. The van der Waals surface area contributed by atoms with Gasteiger partial charge in [-0.2, -0.15) is 0 Å². The molecule has 0 aliphatic carbocycles. The molecule has 0 saturated heterocycles. The SMILES string of the molecule is O=C(Nc1ccccc1)Nc1cncc(F)c1. The van der Waals surface area contributed by atoms with Gasteiger partial charge in [0.25, 0.3) is 0 Å². The van der Waals surface area contributed by atoms with Crippen molar-refractivity contribution in [3.05, 3.63) is 54.6 Å². The molecule has 2 aromatic rings. The lowest BCUT2D eigenvalue weighted by atomic mass is 10.3. The Morgan fingerprint density at radius 2 is 1.76 bits per heavy atom. The fourth-order valence-corrected chi connectivity index (χ4v) is 1.30. The summed E-state index contributed by atoms with van der Waals surface area (Å²) in [5.74, 6) is -0.498. The van der Waals surface area contributed by atoms with Crippen LogP contribution in [-0.2, 0) is 0 Å². The van der Waals surface area contributed by atoms with E-state index in [4.69, 9.17) is 0 Å². The number of para-hydroxylation sites is 1. The Labute approximate surface area is 97.5 Å². The lowest BCUT2D eigenvalue weighted by molar-refractivity contribution is 0.262. The molecular formula is C12H10FN3O. The minimum Gasteiger partial charge on any atom is -0.308 e. The maximum absolute atomic E-state index is 12.8. The molecule has 2 N–H and O–H groups in total. The summed E-state index contributed by atoms with van der Waals surface area (Å²) in [6.45, 7) is 0. The molecule has 2 amide bonds. The van der Waals surface area contributed by atoms with E-state index < -0.39 is 11.8 Å². The Kier molecular flexibility index (Phi) is 3.30. The van der Waals surface area contributed by atoms with Crippen LogP contribution in [0.25, 0.3) is 0 Å². The standard InChI is InChI=1S/C12H10FN3O/c13-9-6-11(8-14-7-9)16-12(17)15-10-4-2-1-3-5-10/h1-8H,(H2,15,16,17). The van der Waals surface area contributed by atoms with Gasteiger partial charge in [0.2, 0.25) is 0 Å². The summed E-state index contributed by atoms with van der Waals surface area (Å²) >= 11 is 0. The van der Waals surface area contributed by atoms with E-state index in [1.165, 1.54) is 12.3 Å². The molecule has 0 fully saturated rings. The van der Waals surface area contributed by atoms with Crippen LogP contribution in [0.4, 0.5) is 20.6 Å². The molecule has 1 heterocycles. The third kappa shape index (κ3) is 3.27. The number of pyridine rings is 1. The molecule has 0 radical (unpaired) electrons. The highest BCUT2D eigenvalue weighted by atomic mass is 19.1. The molecule has 0 saturated carbocycles. The quantitative estimate of drug-likeness (QED) is 0.834. The van der Waals surface area contributed by atoms with Crippen LogP contribution in [0, 0.1) is 5.82 Å². The second-order valence-corrected chi connectivity index (χ2v) is 3.34. The molecule has 0 aliphatic heterocycles. The van der Waals surface area contributed by atoms with Crippen molar-refractivity contribution in [2.24, 2.45) is 0 Å². The van der Waals surface area contributed by atoms with Gasteiger partial charge in [0, 0.05) is 11.8 Å². The normalized spacial score (nSPS) is 9.71. The van der Waals surface area contributed by atoms with E-state index in [9.17, 15) is 9.18 Å². The topological polar surface area (TPSA) is 54.0 Å². The van der Waals surface area contributed by atoms with Crippen LogP contribution in [-0.4, -0.2) is 11.0 Å². The number of rotatable bonds is 2. The number of anilines is 2. The number of carbonyl (C=O) groups excluding carboxylic acids is 1. The van der Waals surface area contributed by atoms with E-state index in [2.05, 4.69) is 15.6 Å². The summed E-state index contributed by atoms with van der Waals surface area (Å²) in [7, 11) is 0. The molecule has 1 aromatic carbocycles. The number of hydrogen-bond acceptors (Lipinski definition) is 2. The van der Waals surface area contributed by atoms with Crippen LogP contribution in [0.1, 0.15) is 0 Å². The van der Waals surface area contributed by atoms with E-state index in [0.29, 0.717) is 11.4 Å². The maximum atomic E-state index is 12.8. The van der Waals surface area contributed by atoms with Crippen LogP contribution in [0.5, 0.6) is 0 Å². The first-order chi connectivity index (χ1) is 8.24. The second kappa shape index (κ2) is 5.07. The number of benzene rings is 1. The number of amides is 2. The first-order valence-electron chi connectivity index (χ1n) is 4.97. The molecule has 86 valence electrons. The summed E-state index contributed by atoms with van der Waals surface area (Å²) in [6.07, 6.45) is 2.44. The predicted octanol–water partition coefficient (Wildman–Crippen LogP) is 2.86. The van der Waals surface area contributed by atoms with Gasteiger partial charge in [0.15, 0.2) is 0 Å². The molecule has 4 nitrogen and oxygen atoms in total. The number of nitrogens with zero attached hydrogens (tertiary/aromatic N) is 1. The molecule has 0 unspecified atom stereocenters. The molecular weight excluding hydrogens is 221 g/mol. The van der Waals surface area contributed by atoms with E-state index in [0.717, 1.165) is 6.20 Å². The van der Waals surface area contributed by atoms with Gasteiger partial charge in [-0.3, -0.25) is 4.98 Å². The first kappa shape index (κ1) is 11.1. The molecule has 0 atom stereocenters. The summed E-state index contributed by atoms with van der Waals surface area (Å²) < 4.78 is 12.8. The zero-order valence-electron chi connectivity index (χ0n) is 8.85. The summed E-state index contributed by atoms with van der Waals surface area (Å²) in [5, 5.41) is 5.09. The van der Waals surface area contributed by atoms with Crippen molar-refractivity contribution in [2.45, 2.75) is 0 Å². The third-order valence-electron chi connectivity index (χ3n) is 1.99. The van der Waals surface area contributed by atoms with Crippen molar-refractivity contribution in [3.63, 3.8) is 0 Å². The van der Waals surface area contributed by atoms with E-state index in [1.807, 2.05) is 6.07 Å². The Morgan fingerprint density at radius 3 is 2.47 bits per heavy atom. The van der Waals surface area contributed by atoms with Gasteiger partial charge >= 0.3 is 6.03 Å². The molecule has 0 spiro atoms. The average molecular weight is 231 g/mol. The Bertz CT molecular complexity index is 516. The largest absolute Gasteiger partial charge is 0.323 e. The van der Waals surface area contributed by atoms with Gasteiger partial charge in [-0.25, -0.2) is 9.18 Å². The number of urea groups is 1. The molecule has 2 rings (SSSR count). The van der Waals surface area contributed by atoms with Crippen molar-refractivity contribution < 1.29 is 9.18 Å². The fourth-order valence-electron chi connectivity index (χ4n) is 1.30. The van der Waals surface area contributed by atoms with E-state index in [-0.39, 0.29) is 0 Å². The van der Waals surface area contributed by atoms with Gasteiger partial charge < -0.3 is 10.6 Å². The third-order valence-corrected chi connectivity index (χ3v) is 1.99. The van der Waals surface area contributed by atoms with Crippen molar-refractivity contribution in [3.8, 4) is 0 Å². The zero-order valence-corrected chi connectivity index (χ0v) is 8.85. The van der Waals surface area contributed by atoms with Crippen LogP contribution in [0.3, 0.4) is 0 Å². The van der Waals surface area contributed by atoms with Gasteiger partial charge in [-0.05, 0) is 12.1 Å². The van der Waals surface area contributed by atoms with Crippen LogP contribution >= 0.6 is 0 Å². The van der Waals surface area contributed by atoms with E-state index >= 15 is 0 Å². The molecule has 17 heavy (non-hydrogen) atoms. The summed E-state index contributed by atoms with van der Waals surface area (Å²) in [5.41, 5.74) is 0.966. The predicted molar refractivity (Wildman–Crippen MR) is 63.3 cm³/mol. The molecule has 0 bridgehead atoms.